The van der Waals surface area contributed by atoms with Crippen LogP contribution in [0.2, 0.25) is 0 Å². The number of rotatable bonds is 4. The van der Waals surface area contributed by atoms with Crippen molar-refractivity contribution in [2.75, 3.05) is 6.61 Å². The molecule has 10 heteroatoms. The van der Waals surface area contributed by atoms with Gasteiger partial charge >= 0.3 is 6.36 Å². The Kier molecular flexibility index (Phi) is 4.77. The van der Waals surface area contributed by atoms with Crippen molar-refractivity contribution < 1.29 is 31.9 Å². The minimum atomic E-state index is -4.62. The summed E-state index contributed by atoms with van der Waals surface area (Å²) in [7, 11) is 0. The second-order valence-corrected chi connectivity index (χ2v) is 6.13. The number of hydrogen-bond acceptors (Lipinski definition) is 6. The van der Waals surface area contributed by atoms with Crippen molar-refractivity contribution in [1.29, 1.82) is 0 Å². The summed E-state index contributed by atoms with van der Waals surface area (Å²) in [6.45, 7) is 1.80. The van der Waals surface area contributed by atoms with Gasteiger partial charge in [-0.05, 0) is 25.7 Å². The highest BCUT2D eigenvalue weighted by atomic mass is 19.4. The summed E-state index contributed by atoms with van der Waals surface area (Å²) in [5.74, 6) is 0.322. The Morgan fingerprint density at radius 1 is 1.25 bits per heavy atom. The number of hydrogen-bond donors (Lipinski definition) is 1. The molecule has 0 aromatic carbocycles. The Labute approximate surface area is 135 Å². The van der Waals surface area contributed by atoms with E-state index in [0.717, 1.165) is 6.42 Å². The van der Waals surface area contributed by atoms with Gasteiger partial charge in [0, 0.05) is 12.8 Å². The fraction of sp³-hybridized carbons (Fsp3) is 0.786. The second kappa shape index (κ2) is 6.67. The van der Waals surface area contributed by atoms with E-state index in [4.69, 9.17) is 9.15 Å². The number of ether oxygens (including phenoxy) is 2. The maximum Gasteiger partial charge on any atom is 0.522 e. The van der Waals surface area contributed by atoms with Crippen molar-refractivity contribution in [2.45, 2.75) is 63.1 Å². The first-order chi connectivity index (χ1) is 11.3. The van der Waals surface area contributed by atoms with Gasteiger partial charge in [0.25, 0.3) is 0 Å². The molecule has 7 nitrogen and oxygen atoms in total. The van der Waals surface area contributed by atoms with E-state index in [1.807, 2.05) is 0 Å². The molecule has 1 saturated heterocycles. The average Bonchev–Trinajstić information content (AvgIpc) is 2.91. The third kappa shape index (κ3) is 4.23. The molecule has 3 rings (SSSR count). The third-order valence-electron chi connectivity index (χ3n) is 4.16. The first-order valence-electron chi connectivity index (χ1n) is 7.76. The summed E-state index contributed by atoms with van der Waals surface area (Å²) < 4.78 is 51.4. The van der Waals surface area contributed by atoms with Crippen LogP contribution in [0.1, 0.15) is 56.4 Å². The maximum atomic E-state index is 12.1. The van der Waals surface area contributed by atoms with Crippen LogP contribution >= 0.6 is 0 Å². The highest BCUT2D eigenvalue weighted by molar-refractivity contribution is 5.73. The van der Waals surface area contributed by atoms with Crippen LogP contribution in [0.3, 0.4) is 0 Å². The molecule has 0 unspecified atom stereocenters. The summed E-state index contributed by atoms with van der Waals surface area (Å²) >= 11 is 0. The van der Waals surface area contributed by atoms with Gasteiger partial charge in [-0.15, -0.1) is 23.4 Å². The Bertz CT molecular complexity index is 578. The number of aromatic nitrogens is 2. The van der Waals surface area contributed by atoms with Gasteiger partial charge in [-0.2, -0.15) is 0 Å². The lowest BCUT2D eigenvalue weighted by atomic mass is 9.82. The first kappa shape index (κ1) is 17.2. The summed E-state index contributed by atoms with van der Waals surface area (Å²) in [5.41, 5.74) is 0. The fourth-order valence-electron chi connectivity index (χ4n) is 2.94. The van der Waals surface area contributed by atoms with Crippen LogP contribution in [-0.2, 0) is 14.3 Å². The molecule has 0 spiro atoms. The molecule has 0 radical (unpaired) electrons. The van der Waals surface area contributed by atoms with E-state index >= 15 is 0 Å². The van der Waals surface area contributed by atoms with Crippen molar-refractivity contribution in [1.82, 2.24) is 15.5 Å². The fourth-order valence-corrected chi connectivity index (χ4v) is 2.94. The van der Waals surface area contributed by atoms with Crippen LogP contribution < -0.4 is 5.32 Å². The molecule has 2 fully saturated rings. The van der Waals surface area contributed by atoms with E-state index in [-0.39, 0.29) is 36.8 Å². The van der Waals surface area contributed by atoms with Crippen molar-refractivity contribution in [3.8, 4) is 0 Å². The molecule has 24 heavy (non-hydrogen) atoms. The van der Waals surface area contributed by atoms with Gasteiger partial charge in [-0.3, -0.25) is 9.53 Å². The van der Waals surface area contributed by atoms with Gasteiger partial charge in [0.05, 0.1) is 18.8 Å². The predicted octanol–water partition coefficient (Wildman–Crippen LogP) is 2.21. The first-order valence-corrected chi connectivity index (χ1v) is 7.76. The largest absolute Gasteiger partial charge is 0.522 e. The number of alkyl halides is 3. The second-order valence-electron chi connectivity index (χ2n) is 6.13. The highest BCUT2D eigenvalue weighted by Crippen LogP contribution is 2.41. The number of nitrogens with zero attached hydrogens (tertiary/aromatic N) is 2. The van der Waals surface area contributed by atoms with Crippen LogP contribution in [0.4, 0.5) is 13.2 Å². The SMILES string of the molecule is CC(=O)N[C@@H]1CC[C@@H](c2nnc([C@H]3C[C@@H](OC(F)(F)F)C3)o2)OC1. The Morgan fingerprint density at radius 2 is 1.96 bits per heavy atom. The molecule has 1 saturated carbocycles. The molecule has 1 aliphatic heterocycles. The lowest BCUT2D eigenvalue weighted by molar-refractivity contribution is -0.352. The van der Waals surface area contributed by atoms with E-state index in [2.05, 4.69) is 20.3 Å². The predicted molar refractivity (Wildman–Crippen MR) is 72.7 cm³/mol. The monoisotopic (exact) mass is 349 g/mol. The average molecular weight is 349 g/mol. The number of carbonyl (C=O) groups excluding carboxylic acids is 1. The Hall–Kier alpha value is -1.68. The van der Waals surface area contributed by atoms with E-state index in [1.165, 1.54) is 6.92 Å². The van der Waals surface area contributed by atoms with Crippen LogP contribution in [0, 0.1) is 0 Å². The van der Waals surface area contributed by atoms with Crippen molar-refractivity contribution in [3.05, 3.63) is 11.8 Å². The van der Waals surface area contributed by atoms with E-state index < -0.39 is 12.5 Å². The Balaban J connectivity index is 1.48. The molecule has 2 atom stereocenters. The van der Waals surface area contributed by atoms with Gasteiger partial charge < -0.3 is 14.5 Å². The van der Waals surface area contributed by atoms with Crippen LogP contribution in [-0.4, -0.2) is 41.2 Å². The highest BCUT2D eigenvalue weighted by Gasteiger charge is 2.42. The van der Waals surface area contributed by atoms with Crippen LogP contribution in [0.5, 0.6) is 0 Å². The van der Waals surface area contributed by atoms with Gasteiger partial charge in [0.1, 0.15) is 6.10 Å². The number of carbonyl (C=O) groups is 1. The van der Waals surface area contributed by atoms with Gasteiger partial charge in [0.15, 0.2) is 0 Å². The number of nitrogens with one attached hydrogen (secondary N) is 1. The quantitative estimate of drug-likeness (QED) is 0.897. The summed E-state index contributed by atoms with van der Waals surface area (Å²) in [6.07, 6.45) is -4.05. The molecule has 2 aliphatic rings. The number of amides is 1. The molecule has 1 amide bonds. The van der Waals surface area contributed by atoms with Gasteiger partial charge in [0.2, 0.25) is 17.7 Å². The lowest BCUT2D eigenvalue weighted by Crippen LogP contribution is -2.40. The molecule has 2 heterocycles. The number of halogens is 3. The van der Waals surface area contributed by atoms with E-state index in [1.54, 1.807) is 0 Å². The van der Waals surface area contributed by atoms with Gasteiger partial charge in [-0.1, -0.05) is 0 Å². The van der Waals surface area contributed by atoms with E-state index in [9.17, 15) is 18.0 Å². The minimum Gasteiger partial charge on any atom is -0.422 e. The molecule has 1 N–H and O–H groups in total. The Morgan fingerprint density at radius 3 is 2.54 bits per heavy atom. The molecular weight excluding hydrogens is 331 g/mol. The van der Waals surface area contributed by atoms with E-state index in [0.29, 0.717) is 24.8 Å². The smallest absolute Gasteiger partial charge is 0.422 e. The molecular formula is C14H18F3N3O4. The summed E-state index contributed by atoms with van der Waals surface area (Å²) in [4.78, 5) is 11.0. The van der Waals surface area contributed by atoms with Crippen molar-refractivity contribution in [2.24, 2.45) is 0 Å². The minimum absolute atomic E-state index is 0.0342. The van der Waals surface area contributed by atoms with Gasteiger partial charge in [-0.25, -0.2) is 0 Å². The lowest BCUT2D eigenvalue weighted by Gasteiger charge is -2.33. The summed E-state index contributed by atoms with van der Waals surface area (Å²) in [5, 5.41) is 10.6. The zero-order valence-corrected chi connectivity index (χ0v) is 13.0. The molecule has 134 valence electrons. The molecule has 1 aromatic rings. The zero-order valence-electron chi connectivity index (χ0n) is 13.0. The van der Waals surface area contributed by atoms with Crippen molar-refractivity contribution >= 4 is 5.91 Å². The topological polar surface area (TPSA) is 86.5 Å². The van der Waals surface area contributed by atoms with Crippen LogP contribution in [0.25, 0.3) is 0 Å². The standard InChI is InChI=1S/C14H18F3N3O4/c1-7(21)18-9-2-3-11(22-6-9)13-20-19-12(23-13)8-4-10(5-8)24-14(15,16)17/h8-11H,2-6H2,1H3,(H,18,21)/t8-,9-,10+,11+/m1/s1. The van der Waals surface area contributed by atoms with Crippen LogP contribution in [0.15, 0.2) is 4.42 Å². The molecule has 0 bridgehead atoms. The zero-order chi connectivity index (χ0) is 17.3. The van der Waals surface area contributed by atoms with Crippen molar-refractivity contribution in [3.63, 3.8) is 0 Å². The molecule has 1 aliphatic carbocycles. The third-order valence-corrected chi connectivity index (χ3v) is 4.16. The summed E-state index contributed by atoms with van der Waals surface area (Å²) in [6, 6.07) is -0.0342. The molecule has 1 aromatic heterocycles. The maximum absolute atomic E-state index is 12.1. The normalized spacial score (nSPS) is 30.7.